The molecule has 0 aromatic carbocycles. The average molecular weight is 181 g/mol. The van der Waals surface area contributed by atoms with Crippen molar-refractivity contribution >= 4 is 0 Å². The van der Waals surface area contributed by atoms with Crippen LogP contribution < -0.4 is 0 Å². The maximum absolute atomic E-state index is 5.55. The molecular formula is C11H19NO. The van der Waals surface area contributed by atoms with Gasteiger partial charge in [-0.25, -0.2) is 0 Å². The molecule has 74 valence electrons. The van der Waals surface area contributed by atoms with Gasteiger partial charge in [-0.1, -0.05) is 19.9 Å². The molecule has 13 heavy (non-hydrogen) atoms. The summed E-state index contributed by atoms with van der Waals surface area (Å²) in [6, 6.07) is 0. The Kier molecular flexibility index (Phi) is 4.44. The SMILES string of the molecule is CCCN(CCC)C1=CC=CCO1. The lowest BCUT2D eigenvalue weighted by Crippen LogP contribution is -2.27. The molecular weight excluding hydrogens is 162 g/mol. The Morgan fingerprint density at radius 1 is 1.31 bits per heavy atom. The van der Waals surface area contributed by atoms with Crippen LogP contribution in [0.25, 0.3) is 0 Å². The van der Waals surface area contributed by atoms with Gasteiger partial charge in [-0.05, 0) is 25.0 Å². The van der Waals surface area contributed by atoms with E-state index in [0.29, 0.717) is 0 Å². The van der Waals surface area contributed by atoms with Gasteiger partial charge in [-0.2, -0.15) is 0 Å². The van der Waals surface area contributed by atoms with Crippen molar-refractivity contribution in [3.8, 4) is 0 Å². The van der Waals surface area contributed by atoms with Crippen LogP contribution in [0.1, 0.15) is 26.7 Å². The first-order chi connectivity index (χ1) is 6.38. The minimum Gasteiger partial charge on any atom is -0.475 e. The Balaban J connectivity index is 2.51. The lowest BCUT2D eigenvalue weighted by atomic mass is 10.3. The van der Waals surface area contributed by atoms with E-state index in [1.54, 1.807) is 0 Å². The van der Waals surface area contributed by atoms with Gasteiger partial charge in [-0.15, -0.1) is 0 Å². The van der Waals surface area contributed by atoms with Crippen molar-refractivity contribution in [2.45, 2.75) is 26.7 Å². The van der Waals surface area contributed by atoms with Crippen LogP contribution in [-0.2, 0) is 4.74 Å². The van der Waals surface area contributed by atoms with E-state index in [2.05, 4.69) is 30.9 Å². The van der Waals surface area contributed by atoms with Crippen LogP contribution in [0.2, 0.25) is 0 Å². The van der Waals surface area contributed by atoms with Crippen molar-refractivity contribution in [3.63, 3.8) is 0 Å². The second-order valence-electron chi connectivity index (χ2n) is 3.23. The maximum Gasteiger partial charge on any atom is 0.189 e. The van der Waals surface area contributed by atoms with E-state index in [9.17, 15) is 0 Å². The zero-order valence-corrected chi connectivity index (χ0v) is 8.62. The molecule has 2 nitrogen and oxygen atoms in total. The van der Waals surface area contributed by atoms with Crippen molar-refractivity contribution in [2.75, 3.05) is 19.7 Å². The summed E-state index contributed by atoms with van der Waals surface area (Å²) in [5, 5.41) is 0. The summed E-state index contributed by atoms with van der Waals surface area (Å²) < 4.78 is 5.55. The van der Waals surface area contributed by atoms with E-state index in [-0.39, 0.29) is 0 Å². The van der Waals surface area contributed by atoms with Gasteiger partial charge in [0.05, 0.1) is 0 Å². The van der Waals surface area contributed by atoms with E-state index in [1.807, 2.05) is 6.08 Å². The molecule has 0 unspecified atom stereocenters. The monoisotopic (exact) mass is 181 g/mol. The number of nitrogens with zero attached hydrogens (tertiary/aromatic N) is 1. The van der Waals surface area contributed by atoms with Gasteiger partial charge in [0.1, 0.15) is 6.61 Å². The molecule has 2 heteroatoms. The summed E-state index contributed by atoms with van der Waals surface area (Å²) in [6.45, 7) is 7.29. The van der Waals surface area contributed by atoms with Crippen LogP contribution in [0.4, 0.5) is 0 Å². The number of ether oxygens (including phenoxy) is 1. The maximum atomic E-state index is 5.55. The Labute approximate surface area is 80.9 Å². The standard InChI is InChI=1S/C11H19NO/c1-3-8-12(9-4-2)11-7-5-6-10-13-11/h5-7H,3-4,8-10H2,1-2H3. The van der Waals surface area contributed by atoms with E-state index >= 15 is 0 Å². The zero-order valence-electron chi connectivity index (χ0n) is 8.62. The summed E-state index contributed by atoms with van der Waals surface area (Å²) in [6.07, 6.45) is 8.49. The fourth-order valence-electron chi connectivity index (χ4n) is 1.46. The van der Waals surface area contributed by atoms with Gasteiger partial charge >= 0.3 is 0 Å². The minimum absolute atomic E-state index is 0.718. The van der Waals surface area contributed by atoms with Gasteiger partial charge in [0.2, 0.25) is 0 Å². The molecule has 1 aliphatic heterocycles. The van der Waals surface area contributed by atoms with Crippen LogP contribution in [0.3, 0.4) is 0 Å². The molecule has 1 rings (SSSR count). The Morgan fingerprint density at radius 3 is 2.46 bits per heavy atom. The highest BCUT2D eigenvalue weighted by molar-refractivity contribution is 5.11. The predicted molar refractivity (Wildman–Crippen MR) is 55.3 cm³/mol. The van der Waals surface area contributed by atoms with Crippen molar-refractivity contribution in [2.24, 2.45) is 0 Å². The summed E-state index contributed by atoms with van der Waals surface area (Å²) >= 11 is 0. The summed E-state index contributed by atoms with van der Waals surface area (Å²) in [4.78, 5) is 2.31. The van der Waals surface area contributed by atoms with Gasteiger partial charge in [0.15, 0.2) is 5.88 Å². The highest BCUT2D eigenvalue weighted by atomic mass is 16.5. The van der Waals surface area contributed by atoms with Gasteiger partial charge in [-0.3, -0.25) is 0 Å². The molecule has 0 fully saturated rings. The third kappa shape index (κ3) is 3.13. The van der Waals surface area contributed by atoms with Crippen LogP contribution in [0, 0.1) is 0 Å². The quantitative estimate of drug-likeness (QED) is 0.646. The van der Waals surface area contributed by atoms with Gasteiger partial charge in [0, 0.05) is 13.1 Å². The molecule has 0 aromatic heterocycles. The van der Waals surface area contributed by atoms with E-state index < -0.39 is 0 Å². The van der Waals surface area contributed by atoms with Crippen molar-refractivity contribution in [1.29, 1.82) is 0 Å². The lowest BCUT2D eigenvalue weighted by molar-refractivity contribution is 0.127. The Hall–Kier alpha value is -0.920. The third-order valence-electron chi connectivity index (χ3n) is 2.00. The topological polar surface area (TPSA) is 12.5 Å². The van der Waals surface area contributed by atoms with Crippen molar-refractivity contribution in [3.05, 3.63) is 24.1 Å². The number of allylic oxidation sites excluding steroid dienone is 2. The molecule has 0 aliphatic carbocycles. The molecule has 1 heterocycles. The Bertz CT molecular complexity index is 190. The minimum atomic E-state index is 0.718. The first kappa shape index (κ1) is 10.2. The lowest BCUT2D eigenvalue weighted by Gasteiger charge is -2.26. The Morgan fingerprint density at radius 2 is 2.00 bits per heavy atom. The molecule has 0 saturated carbocycles. The second kappa shape index (κ2) is 5.68. The predicted octanol–water partition coefficient (Wildman–Crippen LogP) is 2.54. The molecule has 0 radical (unpaired) electrons. The average Bonchev–Trinajstić information content (AvgIpc) is 2.19. The highest BCUT2D eigenvalue weighted by Gasteiger charge is 2.09. The van der Waals surface area contributed by atoms with Crippen LogP contribution in [-0.4, -0.2) is 24.6 Å². The van der Waals surface area contributed by atoms with E-state index in [1.165, 1.54) is 12.8 Å². The molecule has 0 N–H and O–H groups in total. The van der Waals surface area contributed by atoms with Gasteiger partial charge in [0.25, 0.3) is 0 Å². The fourth-order valence-corrected chi connectivity index (χ4v) is 1.46. The molecule has 0 spiro atoms. The summed E-state index contributed by atoms with van der Waals surface area (Å²) in [7, 11) is 0. The molecule has 0 aromatic rings. The highest BCUT2D eigenvalue weighted by Crippen LogP contribution is 2.11. The van der Waals surface area contributed by atoms with Crippen LogP contribution in [0.15, 0.2) is 24.1 Å². The molecule has 0 saturated heterocycles. The first-order valence-corrected chi connectivity index (χ1v) is 5.13. The smallest absolute Gasteiger partial charge is 0.189 e. The van der Waals surface area contributed by atoms with Crippen molar-refractivity contribution < 1.29 is 4.74 Å². The third-order valence-corrected chi connectivity index (χ3v) is 2.00. The fraction of sp³-hybridized carbons (Fsp3) is 0.636. The van der Waals surface area contributed by atoms with E-state index in [4.69, 9.17) is 4.74 Å². The second-order valence-corrected chi connectivity index (χ2v) is 3.23. The summed E-state index contributed by atoms with van der Waals surface area (Å²) in [5.74, 6) is 1.03. The molecule has 1 aliphatic rings. The van der Waals surface area contributed by atoms with Crippen LogP contribution in [0.5, 0.6) is 0 Å². The van der Waals surface area contributed by atoms with Gasteiger partial charge < -0.3 is 9.64 Å². The van der Waals surface area contributed by atoms with E-state index in [0.717, 1.165) is 25.6 Å². The normalized spacial score (nSPS) is 15.1. The zero-order chi connectivity index (χ0) is 9.52. The molecule has 0 atom stereocenters. The molecule has 0 amide bonds. The molecule has 0 bridgehead atoms. The number of rotatable bonds is 5. The first-order valence-electron chi connectivity index (χ1n) is 5.13. The van der Waals surface area contributed by atoms with Crippen LogP contribution >= 0.6 is 0 Å². The number of hydrogen-bond acceptors (Lipinski definition) is 2. The number of hydrogen-bond donors (Lipinski definition) is 0. The summed E-state index contributed by atoms with van der Waals surface area (Å²) in [5.41, 5.74) is 0. The van der Waals surface area contributed by atoms with Crippen molar-refractivity contribution in [1.82, 2.24) is 4.90 Å². The largest absolute Gasteiger partial charge is 0.475 e.